The standard InChI is InChI=1S/C11H18N2OS.BrH/c1-2-9-10(14)13-11(15-9)12-8-6-4-3-5-7-8;/h8-9H,2-7H2,1H3,(H,12,13,14);1H. The van der Waals surface area contributed by atoms with Gasteiger partial charge in [0.05, 0.1) is 5.25 Å². The van der Waals surface area contributed by atoms with Crippen LogP contribution < -0.4 is 5.32 Å². The number of hydrogen-bond donors (Lipinski definition) is 1. The van der Waals surface area contributed by atoms with E-state index in [1.54, 1.807) is 11.8 Å². The Balaban J connectivity index is 0.00000128. The fourth-order valence-electron chi connectivity index (χ4n) is 2.13. The summed E-state index contributed by atoms with van der Waals surface area (Å²) in [6.45, 7) is 2.04. The second-order valence-corrected chi connectivity index (χ2v) is 5.44. The van der Waals surface area contributed by atoms with Gasteiger partial charge in [-0.25, -0.2) is 0 Å². The van der Waals surface area contributed by atoms with Gasteiger partial charge in [0.2, 0.25) is 0 Å². The smallest absolute Gasteiger partial charge is 0.261 e. The van der Waals surface area contributed by atoms with Crippen LogP contribution in [0.15, 0.2) is 4.99 Å². The van der Waals surface area contributed by atoms with Crippen molar-refractivity contribution in [3.05, 3.63) is 0 Å². The molecule has 1 aliphatic heterocycles. The number of hydrogen-bond acceptors (Lipinski definition) is 3. The van der Waals surface area contributed by atoms with Crippen molar-refractivity contribution in [1.29, 1.82) is 0 Å². The van der Waals surface area contributed by atoms with Crippen LogP contribution >= 0.6 is 28.7 Å². The normalized spacial score (nSPS) is 26.2. The van der Waals surface area contributed by atoms with Gasteiger partial charge in [-0.1, -0.05) is 37.9 Å². The molecule has 1 unspecified atom stereocenters. The van der Waals surface area contributed by atoms with E-state index in [4.69, 9.17) is 0 Å². The minimum atomic E-state index is 0. The highest BCUT2D eigenvalue weighted by molar-refractivity contribution is 8.93. The van der Waals surface area contributed by atoms with Crippen LogP contribution in [0.25, 0.3) is 0 Å². The van der Waals surface area contributed by atoms with E-state index < -0.39 is 0 Å². The van der Waals surface area contributed by atoms with Gasteiger partial charge in [0.1, 0.15) is 0 Å². The highest BCUT2D eigenvalue weighted by atomic mass is 79.9. The zero-order valence-electron chi connectivity index (χ0n) is 9.57. The van der Waals surface area contributed by atoms with E-state index in [1.165, 1.54) is 32.1 Å². The molecule has 1 atom stereocenters. The molecule has 0 radical (unpaired) electrons. The van der Waals surface area contributed by atoms with Gasteiger partial charge in [-0.15, -0.1) is 17.0 Å². The molecule has 1 amide bonds. The summed E-state index contributed by atoms with van der Waals surface area (Å²) in [5.41, 5.74) is 0. The maximum atomic E-state index is 11.4. The molecular formula is C11H19BrN2OS. The Bertz CT molecular complexity index is 277. The van der Waals surface area contributed by atoms with E-state index in [0.717, 1.165) is 11.6 Å². The average molecular weight is 307 g/mol. The molecule has 1 fully saturated rings. The molecule has 0 saturated heterocycles. The first kappa shape index (κ1) is 14.0. The van der Waals surface area contributed by atoms with Gasteiger partial charge in [-0.3, -0.25) is 4.79 Å². The van der Waals surface area contributed by atoms with E-state index in [1.807, 2.05) is 6.92 Å². The summed E-state index contributed by atoms with van der Waals surface area (Å²) in [6.07, 6.45) is 7.30. The van der Waals surface area contributed by atoms with Crippen LogP contribution in [0, 0.1) is 0 Å². The van der Waals surface area contributed by atoms with E-state index in [0.29, 0.717) is 6.04 Å². The number of carbonyl (C=O) groups excluding carboxylic acids is 1. The lowest BCUT2D eigenvalue weighted by Gasteiger charge is -2.23. The Morgan fingerprint density at radius 1 is 1.38 bits per heavy atom. The molecule has 2 rings (SSSR count). The SMILES string of the molecule is Br.CCC1SC(NC2CCCCC2)=NC1=O. The van der Waals surface area contributed by atoms with Crippen molar-refractivity contribution in [3.8, 4) is 0 Å². The van der Waals surface area contributed by atoms with Crippen molar-refractivity contribution in [1.82, 2.24) is 5.32 Å². The highest BCUT2D eigenvalue weighted by Gasteiger charge is 2.28. The number of amidine groups is 1. The first-order valence-electron chi connectivity index (χ1n) is 5.85. The van der Waals surface area contributed by atoms with Crippen LogP contribution in [0.2, 0.25) is 0 Å². The molecule has 0 spiro atoms. The molecule has 16 heavy (non-hydrogen) atoms. The minimum absolute atomic E-state index is 0. The number of carbonyl (C=O) groups is 1. The number of halogens is 1. The third-order valence-corrected chi connectivity index (χ3v) is 4.30. The van der Waals surface area contributed by atoms with Crippen molar-refractivity contribution in [2.75, 3.05) is 0 Å². The van der Waals surface area contributed by atoms with E-state index in [-0.39, 0.29) is 28.1 Å². The number of rotatable bonds is 2. The molecule has 0 bridgehead atoms. The van der Waals surface area contributed by atoms with Crippen molar-refractivity contribution < 1.29 is 4.79 Å². The minimum Gasteiger partial charge on any atom is -0.362 e. The lowest BCUT2D eigenvalue weighted by molar-refractivity contribution is -0.117. The summed E-state index contributed by atoms with van der Waals surface area (Å²) in [6, 6.07) is 0.549. The molecule has 1 aliphatic carbocycles. The van der Waals surface area contributed by atoms with Crippen molar-refractivity contribution in [2.24, 2.45) is 4.99 Å². The summed E-state index contributed by atoms with van der Waals surface area (Å²) in [5.74, 6) is 0.0424. The van der Waals surface area contributed by atoms with Crippen LogP contribution in [0.5, 0.6) is 0 Å². The fourth-order valence-corrected chi connectivity index (χ4v) is 3.10. The number of nitrogens with zero attached hydrogens (tertiary/aromatic N) is 1. The molecule has 0 aromatic heterocycles. The summed E-state index contributed by atoms with van der Waals surface area (Å²) in [7, 11) is 0. The lowest BCUT2D eigenvalue weighted by Crippen LogP contribution is -2.34. The third-order valence-electron chi connectivity index (χ3n) is 3.04. The Kier molecular flexibility index (Phi) is 5.83. The molecule has 92 valence electrons. The average Bonchev–Trinajstić information content (AvgIpc) is 2.60. The second kappa shape index (κ2) is 6.64. The van der Waals surface area contributed by atoms with Crippen molar-refractivity contribution >= 4 is 39.8 Å². The highest BCUT2D eigenvalue weighted by Crippen LogP contribution is 2.25. The molecule has 1 heterocycles. The summed E-state index contributed by atoms with van der Waals surface area (Å²) in [5, 5.41) is 4.33. The molecule has 3 nitrogen and oxygen atoms in total. The number of thioether (sulfide) groups is 1. The van der Waals surface area contributed by atoms with Crippen LogP contribution in [-0.4, -0.2) is 22.4 Å². The zero-order chi connectivity index (χ0) is 10.7. The maximum Gasteiger partial charge on any atom is 0.261 e. The quantitative estimate of drug-likeness (QED) is 0.853. The van der Waals surface area contributed by atoms with Gasteiger partial charge in [0, 0.05) is 6.04 Å². The second-order valence-electron chi connectivity index (χ2n) is 4.25. The largest absolute Gasteiger partial charge is 0.362 e. The van der Waals surface area contributed by atoms with Crippen LogP contribution in [0.4, 0.5) is 0 Å². The lowest BCUT2D eigenvalue weighted by atomic mass is 9.96. The fraction of sp³-hybridized carbons (Fsp3) is 0.818. The van der Waals surface area contributed by atoms with Gasteiger partial charge in [-0.2, -0.15) is 4.99 Å². The molecule has 0 aromatic carbocycles. The Labute approximate surface area is 112 Å². The Morgan fingerprint density at radius 2 is 2.06 bits per heavy atom. The first-order chi connectivity index (χ1) is 7.29. The number of amides is 1. The van der Waals surface area contributed by atoms with Crippen molar-refractivity contribution in [2.45, 2.75) is 56.7 Å². The van der Waals surface area contributed by atoms with Gasteiger partial charge in [0.25, 0.3) is 5.91 Å². The van der Waals surface area contributed by atoms with Crippen LogP contribution in [0.1, 0.15) is 45.4 Å². The summed E-state index contributed by atoms with van der Waals surface area (Å²) in [4.78, 5) is 15.5. The van der Waals surface area contributed by atoms with E-state index >= 15 is 0 Å². The molecule has 5 heteroatoms. The van der Waals surface area contributed by atoms with Gasteiger partial charge in [0.15, 0.2) is 5.17 Å². The predicted molar refractivity (Wildman–Crippen MR) is 74.4 cm³/mol. The molecule has 0 aromatic rings. The van der Waals surface area contributed by atoms with Crippen molar-refractivity contribution in [3.63, 3.8) is 0 Å². The van der Waals surface area contributed by atoms with Gasteiger partial charge < -0.3 is 5.32 Å². The summed E-state index contributed by atoms with van der Waals surface area (Å²) >= 11 is 1.60. The van der Waals surface area contributed by atoms with E-state index in [9.17, 15) is 4.79 Å². The Hall–Kier alpha value is -0.0300. The van der Waals surface area contributed by atoms with Crippen LogP contribution in [-0.2, 0) is 4.79 Å². The summed E-state index contributed by atoms with van der Waals surface area (Å²) < 4.78 is 0. The van der Waals surface area contributed by atoms with Gasteiger partial charge >= 0.3 is 0 Å². The number of aliphatic imine (C=N–C) groups is 1. The number of nitrogens with one attached hydrogen (secondary N) is 1. The maximum absolute atomic E-state index is 11.4. The third kappa shape index (κ3) is 3.48. The first-order valence-corrected chi connectivity index (χ1v) is 6.73. The molecule has 1 N–H and O–H groups in total. The van der Waals surface area contributed by atoms with Crippen LogP contribution in [0.3, 0.4) is 0 Å². The molecule has 2 aliphatic rings. The molecule has 1 saturated carbocycles. The predicted octanol–water partition coefficient (Wildman–Crippen LogP) is 2.89. The monoisotopic (exact) mass is 306 g/mol. The Morgan fingerprint density at radius 3 is 2.62 bits per heavy atom. The van der Waals surface area contributed by atoms with Gasteiger partial charge in [-0.05, 0) is 19.3 Å². The van der Waals surface area contributed by atoms with E-state index in [2.05, 4.69) is 10.3 Å². The topological polar surface area (TPSA) is 41.5 Å². The molecular weight excluding hydrogens is 288 g/mol. The zero-order valence-corrected chi connectivity index (χ0v) is 12.1.